The molecular weight excluding hydrogens is 358 g/mol. The van der Waals surface area contributed by atoms with Crippen molar-refractivity contribution in [2.24, 2.45) is 0 Å². The molecule has 4 nitrogen and oxygen atoms in total. The van der Waals surface area contributed by atoms with E-state index < -0.39 is 40.7 Å². The Hall–Kier alpha value is -2.26. The van der Waals surface area contributed by atoms with Crippen LogP contribution in [0.1, 0.15) is 31.1 Å². The molecule has 25 heavy (non-hydrogen) atoms. The van der Waals surface area contributed by atoms with Gasteiger partial charge in [-0.2, -0.15) is 26.3 Å². The predicted octanol–water partition coefficient (Wildman–Crippen LogP) is 4.04. The highest BCUT2D eigenvalue weighted by molar-refractivity contribution is 6.02. The van der Waals surface area contributed by atoms with E-state index in [2.05, 4.69) is 0 Å². The summed E-state index contributed by atoms with van der Waals surface area (Å²) < 4.78 is 85.2. The van der Waals surface area contributed by atoms with Gasteiger partial charge in [0.2, 0.25) is 5.78 Å². The zero-order valence-corrected chi connectivity index (χ0v) is 13.2. The second-order valence-electron chi connectivity index (χ2n) is 6.10. The number of aliphatic carboxylic acids is 1. The zero-order valence-electron chi connectivity index (χ0n) is 13.2. The normalized spacial score (nSPS) is 13.5. The van der Waals surface area contributed by atoms with E-state index in [1.54, 1.807) is 20.8 Å². The van der Waals surface area contributed by atoms with Crippen molar-refractivity contribution in [1.29, 1.82) is 0 Å². The highest BCUT2D eigenvalue weighted by atomic mass is 19.3. The average Bonchev–Trinajstić information content (AvgIpc) is 2.45. The molecule has 140 valence electrons. The fourth-order valence-electron chi connectivity index (χ4n) is 1.68. The third kappa shape index (κ3) is 3.88. The molecule has 0 saturated heterocycles. The molecule has 0 saturated carbocycles. The minimum absolute atomic E-state index is 0.120. The fraction of sp³-hybridized carbons (Fsp3) is 0.467. The van der Waals surface area contributed by atoms with Crippen LogP contribution in [0.25, 0.3) is 0 Å². The lowest BCUT2D eigenvalue weighted by Crippen LogP contribution is -2.60. The van der Waals surface area contributed by atoms with Crippen molar-refractivity contribution in [2.75, 3.05) is 0 Å². The smallest absolute Gasteiger partial charge is 0.411 e. The van der Waals surface area contributed by atoms with Gasteiger partial charge < -0.3 is 9.84 Å². The summed E-state index contributed by atoms with van der Waals surface area (Å²) in [7, 11) is 0. The third-order valence-electron chi connectivity index (χ3n) is 2.88. The highest BCUT2D eigenvalue weighted by Crippen LogP contribution is 2.47. The predicted molar refractivity (Wildman–Crippen MR) is 73.6 cm³/mol. The van der Waals surface area contributed by atoms with Gasteiger partial charge in [0.1, 0.15) is 11.4 Å². The Morgan fingerprint density at radius 1 is 0.880 bits per heavy atom. The molecule has 0 amide bonds. The molecule has 1 aromatic rings. The molecule has 1 N–H and O–H groups in total. The van der Waals surface area contributed by atoms with Crippen LogP contribution in [0.3, 0.4) is 0 Å². The fourth-order valence-corrected chi connectivity index (χ4v) is 1.68. The maximum Gasteiger partial charge on any atom is 0.411 e. The van der Waals surface area contributed by atoms with Gasteiger partial charge in [-0.3, -0.25) is 4.79 Å². The minimum atomic E-state index is -6.43. The lowest BCUT2D eigenvalue weighted by atomic mass is 9.96. The zero-order chi connectivity index (χ0) is 19.8. The Bertz CT molecular complexity index is 662. The monoisotopic (exact) mass is 372 g/mol. The van der Waals surface area contributed by atoms with E-state index in [0.717, 1.165) is 12.1 Å². The van der Waals surface area contributed by atoms with E-state index in [-0.39, 0.29) is 5.75 Å². The van der Waals surface area contributed by atoms with Gasteiger partial charge in [0.25, 0.3) is 0 Å². The first kappa shape index (κ1) is 20.8. The van der Waals surface area contributed by atoms with Crippen LogP contribution in [0.15, 0.2) is 24.3 Å². The summed E-state index contributed by atoms with van der Waals surface area (Å²) in [6.07, 6.45) is 0. The summed E-state index contributed by atoms with van der Waals surface area (Å²) in [5.74, 6) is -24.5. The second kappa shape index (κ2) is 6.23. The number of carbonyl (C=O) groups is 2. The first-order valence-corrected chi connectivity index (χ1v) is 6.75. The Labute approximate surface area is 138 Å². The van der Waals surface area contributed by atoms with Crippen LogP contribution in [-0.2, 0) is 4.79 Å². The first-order chi connectivity index (χ1) is 11.0. The van der Waals surface area contributed by atoms with Gasteiger partial charge in [0.05, 0.1) is 0 Å². The number of halogens is 6. The second-order valence-corrected chi connectivity index (χ2v) is 6.10. The molecule has 0 fully saturated rings. The van der Waals surface area contributed by atoms with Crippen LogP contribution in [-0.4, -0.2) is 40.2 Å². The number of carboxylic acid groups (broad SMARTS) is 1. The SMILES string of the molecule is CC(C)(C)Oc1ccc(C(=O)C(F)(F)C(F)(F)C(F)(F)C(=O)O)cc1. The lowest BCUT2D eigenvalue weighted by Gasteiger charge is -2.29. The van der Waals surface area contributed by atoms with Crippen LogP contribution in [0.4, 0.5) is 26.3 Å². The Morgan fingerprint density at radius 2 is 1.32 bits per heavy atom. The van der Waals surface area contributed by atoms with Gasteiger partial charge in [0.15, 0.2) is 0 Å². The molecule has 0 aliphatic rings. The minimum Gasteiger partial charge on any atom is -0.488 e. The first-order valence-electron chi connectivity index (χ1n) is 6.75. The number of ketones is 1. The number of benzene rings is 1. The molecule has 0 atom stereocenters. The topological polar surface area (TPSA) is 63.6 Å². The van der Waals surface area contributed by atoms with E-state index in [0.29, 0.717) is 12.1 Å². The number of rotatable bonds is 6. The van der Waals surface area contributed by atoms with Crippen LogP contribution < -0.4 is 4.74 Å². The number of hydrogen-bond donors (Lipinski definition) is 1. The summed E-state index contributed by atoms with van der Waals surface area (Å²) in [5, 5.41) is 8.05. The van der Waals surface area contributed by atoms with Crippen LogP contribution in [0, 0.1) is 0 Å². The van der Waals surface area contributed by atoms with E-state index >= 15 is 0 Å². The van der Waals surface area contributed by atoms with Gasteiger partial charge in [-0.05, 0) is 45.0 Å². The summed E-state index contributed by atoms with van der Waals surface area (Å²) in [6, 6.07) is 3.41. The molecule has 0 aliphatic carbocycles. The van der Waals surface area contributed by atoms with Gasteiger partial charge in [-0.15, -0.1) is 0 Å². The maximum atomic E-state index is 13.6. The largest absolute Gasteiger partial charge is 0.488 e. The molecular formula is C15H14F6O4. The third-order valence-corrected chi connectivity index (χ3v) is 2.88. The van der Waals surface area contributed by atoms with Crippen molar-refractivity contribution >= 4 is 11.8 Å². The van der Waals surface area contributed by atoms with Gasteiger partial charge in [-0.1, -0.05) is 0 Å². The number of carboxylic acids is 1. The standard InChI is InChI=1S/C15H14F6O4/c1-12(2,3)25-9-6-4-8(5-7-9)10(22)13(16,17)15(20,21)14(18,19)11(23)24/h4-7H,1-3H3,(H,23,24). The molecule has 0 bridgehead atoms. The number of Topliss-reactive ketones (excluding diaryl/α,β-unsaturated/α-hetero) is 1. The number of hydrogen-bond acceptors (Lipinski definition) is 3. The molecule has 0 heterocycles. The molecule has 10 heteroatoms. The number of carbonyl (C=O) groups excluding carboxylic acids is 1. The van der Waals surface area contributed by atoms with Crippen LogP contribution in [0.2, 0.25) is 0 Å². The quantitative estimate of drug-likeness (QED) is 0.605. The summed E-state index contributed by atoms with van der Waals surface area (Å²) >= 11 is 0. The molecule has 0 unspecified atom stereocenters. The van der Waals surface area contributed by atoms with E-state index in [9.17, 15) is 35.9 Å². The summed E-state index contributed by atoms with van der Waals surface area (Å²) in [4.78, 5) is 21.7. The van der Waals surface area contributed by atoms with Crippen molar-refractivity contribution in [3.05, 3.63) is 29.8 Å². The number of ether oxygens (including phenoxy) is 1. The van der Waals surface area contributed by atoms with E-state index in [4.69, 9.17) is 9.84 Å². The number of alkyl halides is 6. The van der Waals surface area contributed by atoms with Gasteiger partial charge in [0, 0.05) is 5.56 Å². The van der Waals surface area contributed by atoms with Crippen molar-refractivity contribution in [3.63, 3.8) is 0 Å². The van der Waals surface area contributed by atoms with Crippen LogP contribution >= 0.6 is 0 Å². The summed E-state index contributed by atoms with van der Waals surface area (Å²) in [5.41, 5.74) is -1.68. The Morgan fingerprint density at radius 3 is 1.68 bits per heavy atom. The Kier molecular flexibility index (Phi) is 5.18. The highest BCUT2D eigenvalue weighted by Gasteiger charge is 2.78. The molecule has 1 rings (SSSR count). The average molecular weight is 372 g/mol. The van der Waals surface area contributed by atoms with Crippen molar-refractivity contribution in [1.82, 2.24) is 0 Å². The van der Waals surface area contributed by atoms with Crippen molar-refractivity contribution in [3.8, 4) is 5.75 Å². The van der Waals surface area contributed by atoms with Crippen molar-refractivity contribution in [2.45, 2.75) is 44.1 Å². The van der Waals surface area contributed by atoms with E-state index in [1.165, 1.54) is 0 Å². The molecule has 0 spiro atoms. The van der Waals surface area contributed by atoms with Gasteiger partial charge in [-0.25, -0.2) is 4.79 Å². The van der Waals surface area contributed by atoms with Crippen molar-refractivity contribution < 1.29 is 45.8 Å². The van der Waals surface area contributed by atoms with E-state index in [1.807, 2.05) is 0 Å². The van der Waals surface area contributed by atoms with Gasteiger partial charge >= 0.3 is 23.7 Å². The summed E-state index contributed by atoms with van der Waals surface area (Å²) in [6.45, 7) is 4.98. The molecule has 0 aromatic heterocycles. The molecule has 0 radical (unpaired) electrons. The Balaban J connectivity index is 3.18. The van der Waals surface area contributed by atoms with Crippen LogP contribution in [0.5, 0.6) is 5.75 Å². The maximum absolute atomic E-state index is 13.6. The lowest BCUT2D eigenvalue weighted by molar-refractivity contribution is -0.285. The molecule has 1 aromatic carbocycles. The molecule has 0 aliphatic heterocycles.